The molecule has 1 aliphatic rings. The van der Waals surface area contributed by atoms with Gasteiger partial charge in [0.25, 0.3) is 5.91 Å². The fourth-order valence-electron chi connectivity index (χ4n) is 2.83. The number of nitrogens with zero attached hydrogens (tertiary/aromatic N) is 4. The molecule has 7 nitrogen and oxygen atoms in total. The van der Waals surface area contributed by atoms with Gasteiger partial charge in [-0.2, -0.15) is 0 Å². The number of anilines is 1. The Balaban J connectivity index is 1.82. The van der Waals surface area contributed by atoms with Gasteiger partial charge in [-0.05, 0) is 70.0 Å². The van der Waals surface area contributed by atoms with E-state index in [1.807, 2.05) is 39.0 Å². The highest BCUT2D eigenvalue weighted by Crippen LogP contribution is 2.28. The summed E-state index contributed by atoms with van der Waals surface area (Å²) in [6, 6.07) is 3.63. The summed E-state index contributed by atoms with van der Waals surface area (Å²) in [5.41, 5.74) is 2.99. The quantitative estimate of drug-likeness (QED) is 0.530. The molecule has 1 amide bonds. The zero-order valence-corrected chi connectivity index (χ0v) is 17.1. The van der Waals surface area contributed by atoms with Gasteiger partial charge in [-0.1, -0.05) is 6.08 Å². The van der Waals surface area contributed by atoms with E-state index in [1.54, 1.807) is 18.5 Å². The molecule has 0 aliphatic heterocycles. The number of carbonyl (C=O) groups is 1. The largest absolute Gasteiger partial charge is 0.352 e. The highest BCUT2D eigenvalue weighted by Gasteiger charge is 2.22. The lowest BCUT2D eigenvalue weighted by Gasteiger charge is -2.11. The van der Waals surface area contributed by atoms with E-state index < -0.39 is 0 Å². The Labute approximate surface area is 171 Å². The van der Waals surface area contributed by atoms with Crippen molar-refractivity contribution in [2.45, 2.75) is 33.6 Å². The Morgan fingerprint density at radius 2 is 2.14 bits per heavy atom. The minimum Gasteiger partial charge on any atom is -0.352 e. The summed E-state index contributed by atoms with van der Waals surface area (Å²) < 4.78 is 0. The van der Waals surface area contributed by atoms with Gasteiger partial charge in [0.2, 0.25) is 0 Å². The van der Waals surface area contributed by atoms with Crippen molar-refractivity contribution in [3.8, 4) is 0 Å². The third-order valence-corrected chi connectivity index (χ3v) is 4.72. The number of nitrogens with one attached hydrogen (secondary N) is 2. The molecule has 0 aromatic carbocycles. The Kier molecular flexibility index (Phi) is 6.49. The molecule has 1 fully saturated rings. The standard InChI is InChI=1S/C22H26N6O/c1-5-17(11-21(23-4)28-20-8-9-24-15(3)27-20)18-10-19(14(2)25-13-18)22(29)26-12-16-6-7-16/h5,8-11,13,16H,4,6-7,12H2,1-3H3,(H,26,29)(H,24,27,28)/b17-5+,21-11+. The van der Waals surface area contributed by atoms with Gasteiger partial charge in [-0.15, -0.1) is 0 Å². The zero-order valence-electron chi connectivity index (χ0n) is 17.1. The summed E-state index contributed by atoms with van der Waals surface area (Å²) >= 11 is 0. The summed E-state index contributed by atoms with van der Waals surface area (Å²) in [6.07, 6.45) is 9.62. The lowest BCUT2D eigenvalue weighted by atomic mass is 10.0. The van der Waals surface area contributed by atoms with Crippen LogP contribution in [0.5, 0.6) is 0 Å². The number of amides is 1. The molecule has 1 saturated carbocycles. The molecule has 2 N–H and O–H groups in total. The lowest BCUT2D eigenvalue weighted by Crippen LogP contribution is -2.26. The predicted octanol–water partition coefficient (Wildman–Crippen LogP) is 3.69. The van der Waals surface area contributed by atoms with Crippen LogP contribution in [0.25, 0.3) is 5.57 Å². The second kappa shape index (κ2) is 9.23. The SMILES string of the molecule is C=N/C(=C\C(=C/C)c1cnc(C)c(C(=O)NCC2CC2)c1)Nc1ccnc(C)n1. The van der Waals surface area contributed by atoms with Crippen molar-refractivity contribution < 1.29 is 4.79 Å². The van der Waals surface area contributed by atoms with Crippen LogP contribution in [-0.4, -0.2) is 34.1 Å². The third kappa shape index (κ3) is 5.57. The Bertz CT molecular complexity index is 975. The van der Waals surface area contributed by atoms with Crippen LogP contribution in [0.3, 0.4) is 0 Å². The van der Waals surface area contributed by atoms with E-state index in [2.05, 4.69) is 37.3 Å². The average Bonchev–Trinajstić information content (AvgIpc) is 3.54. The Hall–Kier alpha value is -3.35. The first-order valence-electron chi connectivity index (χ1n) is 9.66. The van der Waals surface area contributed by atoms with E-state index in [-0.39, 0.29) is 5.91 Å². The van der Waals surface area contributed by atoms with Gasteiger partial charge in [0, 0.05) is 24.5 Å². The fraction of sp³-hybridized carbons (Fsp3) is 0.318. The Morgan fingerprint density at radius 1 is 1.34 bits per heavy atom. The second-order valence-electron chi connectivity index (χ2n) is 7.06. The molecule has 0 bridgehead atoms. The molecular formula is C22H26N6O. The maximum atomic E-state index is 12.6. The smallest absolute Gasteiger partial charge is 0.253 e. The van der Waals surface area contributed by atoms with E-state index in [0.29, 0.717) is 34.6 Å². The van der Waals surface area contributed by atoms with E-state index in [0.717, 1.165) is 17.7 Å². The summed E-state index contributed by atoms with van der Waals surface area (Å²) in [7, 11) is 0. The topological polar surface area (TPSA) is 92.2 Å². The number of carbonyl (C=O) groups excluding carboxylic acids is 1. The van der Waals surface area contributed by atoms with Crippen LogP contribution >= 0.6 is 0 Å². The summed E-state index contributed by atoms with van der Waals surface area (Å²) in [6.45, 7) is 9.95. The number of aryl methyl sites for hydroxylation is 2. The molecule has 7 heteroatoms. The molecule has 0 radical (unpaired) electrons. The van der Waals surface area contributed by atoms with Gasteiger partial charge < -0.3 is 10.6 Å². The van der Waals surface area contributed by atoms with Crippen molar-refractivity contribution >= 4 is 24.0 Å². The van der Waals surface area contributed by atoms with E-state index in [4.69, 9.17) is 0 Å². The maximum absolute atomic E-state index is 12.6. The van der Waals surface area contributed by atoms with Crippen molar-refractivity contribution in [2.75, 3.05) is 11.9 Å². The van der Waals surface area contributed by atoms with Crippen molar-refractivity contribution in [1.29, 1.82) is 0 Å². The molecule has 150 valence electrons. The molecule has 0 unspecified atom stereocenters. The van der Waals surface area contributed by atoms with Crippen molar-refractivity contribution in [2.24, 2.45) is 10.9 Å². The average molecular weight is 390 g/mol. The Morgan fingerprint density at radius 3 is 2.79 bits per heavy atom. The minimum absolute atomic E-state index is 0.0835. The summed E-state index contributed by atoms with van der Waals surface area (Å²) in [5.74, 6) is 2.38. The first-order valence-corrected chi connectivity index (χ1v) is 9.66. The maximum Gasteiger partial charge on any atom is 0.253 e. The van der Waals surface area contributed by atoms with Crippen molar-refractivity contribution in [1.82, 2.24) is 20.3 Å². The first kappa shape index (κ1) is 20.4. The molecule has 1 aliphatic carbocycles. The fourth-order valence-corrected chi connectivity index (χ4v) is 2.83. The number of aliphatic imine (C=N–C) groups is 1. The minimum atomic E-state index is -0.0835. The van der Waals surface area contributed by atoms with Crippen LogP contribution in [0, 0.1) is 19.8 Å². The molecule has 3 rings (SSSR count). The van der Waals surface area contributed by atoms with Crippen LogP contribution in [-0.2, 0) is 0 Å². The molecule has 29 heavy (non-hydrogen) atoms. The van der Waals surface area contributed by atoms with E-state index in [1.165, 1.54) is 12.8 Å². The molecular weight excluding hydrogens is 364 g/mol. The molecule has 2 aromatic rings. The monoisotopic (exact) mass is 390 g/mol. The normalized spacial score (nSPS) is 14.4. The number of hydrogen-bond acceptors (Lipinski definition) is 6. The van der Waals surface area contributed by atoms with Gasteiger partial charge in [-0.3, -0.25) is 9.78 Å². The second-order valence-corrected chi connectivity index (χ2v) is 7.06. The molecule has 2 heterocycles. The van der Waals surface area contributed by atoms with Crippen molar-refractivity contribution in [3.63, 3.8) is 0 Å². The number of allylic oxidation sites excluding steroid dienone is 3. The molecule has 2 aromatic heterocycles. The first-order chi connectivity index (χ1) is 14.0. The van der Waals surface area contributed by atoms with Crippen molar-refractivity contribution in [3.05, 3.63) is 65.1 Å². The number of pyridine rings is 1. The van der Waals surface area contributed by atoms with Crippen LogP contribution in [0.4, 0.5) is 5.82 Å². The zero-order chi connectivity index (χ0) is 20.8. The van der Waals surface area contributed by atoms with Crippen LogP contribution in [0.1, 0.15) is 47.2 Å². The highest BCUT2D eigenvalue weighted by atomic mass is 16.1. The predicted molar refractivity (Wildman–Crippen MR) is 116 cm³/mol. The molecule has 0 spiro atoms. The third-order valence-electron chi connectivity index (χ3n) is 4.72. The van der Waals surface area contributed by atoms with E-state index in [9.17, 15) is 4.79 Å². The summed E-state index contributed by atoms with van der Waals surface area (Å²) in [4.78, 5) is 29.5. The molecule has 0 atom stereocenters. The number of aromatic nitrogens is 3. The van der Waals surface area contributed by atoms with E-state index >= 15 is 0 Å². The van der Waals surface area contributed by atoms with Gasteiger partial charge in [-0.25, -0.2) is 15.0 Å². The lowest BCUT2D eigenvalue weighted by molar-refractivity contribution is 0.0950. The number of hydrogen-bond donors (Lipinski definition) is 2. The molecule has 0 saturated heterocycles. The van der Waals surface area contributed by atoms with Gasteiger partial charge in [0.1, 0.15) is 17.5 Å². The van der Waals surface area contributed by atoms with Gasteiger partial charge in [0.05, 0.1) is 11.3 Å². The van der Waals surface area contributed by atoms with Crippen LogP contribution in [0.15, 0.2) is 47.5 Å². The summed E-state index contributed by atoms with van der Waals surface area (Å²) in [5, 5.41) is 6.14. The number of rotatable bonds is 8. The van der Waals surface area contributed by atoms with Crippen LogP contribution in [0.2, 0.25) is 0 Å². The highest BCUT2D eigenvalue weighted by molar-refractivity contribution is 5.96. The van der Waals surface area contributed by atoms with Crippen LogP contribution < -0.4 is 10.6 Å². The van der Waals surface area contributed by atoms with Gasteiger partial charge in [0.15, 0.2) is 0 Å². The van der Waals surface area contributed by atoms with Gasteiger partial charge >= 0.3 is 0 Å².